The highest BCUT2D eigenvalue weighted by Crippen LogP contribution is 2.29. The van der Waals surface area contributed by atoms with Crippen molar-refractivity contribution in [2.24, 2.45) is 0 Å². The molecule has 2 aliphatic heterocycles. The van der Waals surface area contributed by atoms with Gasteiger partial charge in [0.05, 0.1) is 19.8 Å². The fourth-order valence-electron chi connectivity index (χ4n) is 5.11. The van der Waals surface area contributed by atoms with Crippen LogP contribution in [0.5, 0.6) is 0 Å². The van der Waals surface area contributed by atoms with Gasteiger partial charge < -0.3 is 19.5 Å². The van der Waals surface area contributed by atoms with Gasteiger partial charge in [-0.1, -0.05) is 6.42 Å². The summed E-state index contributed by atoms with van der Waals surface area (Å²) in [5.74, 6) is 0.233. The lowest BCUT2D eigenvalue weighted by Gasteiger charge is -2.36. The Kier molecular flexibility index (Phi) is 5.96. The van der Waals surface area contributed by atoms with E-state index < -0.39 is 0 Å². The number of benzene rings is 1. The van der Waals surface area contributed by atoms with Gasteiger partial charge in [-0.25, -0.2) is 0 Å². The van der Waals surface area contributed by atoms with E-state index in [1.54, 1.807) is 0 Å². The Hall–Kier alpha value is -2.38. The van der Waals surface area contributed by atoms with Crippen molar-refractivity contribution in [1.82, 2.24) is 19.7 Å². The van der Waals surface area contributed by atoms with Crippen LogP contribution in [0.1, 0.15) is 40.9 Å². The van der Waals surface area contributed by atoms with E-state index in [4.69, 9.17) is 4.74 Å². The van der Waals surface area contributed by atoms with E-state index in [1.807, 2.05) is 15.9 Å². The lowest BCUT2D eigenvalue weighted by Crippen LogP contribution is -2.53. The van der Waals surface area contributed by atoms with Gasteiger partial charge in [-0.2, -0.15) is 0 Å². The summed E-state index contributed by atoms with van der Waals surface area (Å²) in [5, 5.41) is 1.21. The zero-order valence-corrected chi connectivity index (χ0v) is 18.2. The van der Waals surface area contributed by atoms with Crippen molar-refractivity contribution in [3.05, 3.63) is 35.0 Å². The third-order valence-corrected chi connectivity index (χ3v) is 6.98. The highest BCUT2D eigenvalue weighted by Gasteiger charge is 2.27. The number of hydrogen-bond donors (Lipinski definition) is 1. The molecule has 1 aromatic carbocycles. The van der Waals surface area contributed by atoms with Crippen LogP contribution in [0.15, 0.2) is 18.2 Å². The Labute approximate surface area is 183 Å². The number of carbonyl (C=O) groups excluding carboxylic acids is 2. The van der Waals surface area contributed by atoms with E-state index >= 15 is 0 Å². The molecule has 0 spiro atoms. The van der Waals surface area contributed by atoms with Crippen LogP contribution in [0, 0.1) is 0 Å². The minimum absolute atomic E-state index is 0.0748. The number of aryl methyl sites for hydroxylation is 2. The summed E-state index contributed by atoms with van der Waals surface area (Å²) in [5.41, 5.74) is 4.65. The van der Waals surface area contributed by atoms with Gasteiger partial charge in [0.1, 0.15) is 0 Å². The second kappa shape index (κ2) is 9.01. The molecule has 1 N–H and O–H groups in total. The van der Waals surface area contributed by atoms with Crippen LogP contribution >= 0.6 is 0 Å². The number of morpholine rings is 1. The average Bonchev–Trinajstić information content (AvgIpc) is 2.98. The lowest BCUT2D eigenvalue weighted by molar-refractivity contribution is -0.134. The SMILES string of the molecule is O=C(CN1CCOCC1)N1CCN(C(=O)c2ccc3[nH]c4c(c3c2)CCCCC4)CC1. The Morgan fingerprint density at radius 3 is 2.45 bits per heavy atom. The molecule has 0 radical (unpaired) electrons. The molecule has 0 unspecified atom stereocenters. The van der Waals surface area contributed by atoms with Crippen molar-refractivity contribution >= 4 is 22.7 Å². The predicted molar refractivity (Wildman–Crippen MR) is 119 cm³/mol. The number of aromatic nitrogens is 1. The first-order valence-corrected chi connectivity index (χ1v) is 11.7. The minimum Gasteiger partial charge on any atom is -0.379 e. The molecule has 0 atom stereocenters. The van der Waals surface area contributed by atoms with Crippen LogP contribution in [0.3, 0.4) is 0 Å². The van der Waals surface area contributed by atoms with E-state index in [1.165, 1.54) is 35.9 Å². The maximum absolute atomic E-state index is 13.2. The molecule has 3 heterocycles. The molecule has 5 rings (SSSR count). The predicted octanol–water partition coefficient (Wildman–Crippen LogP) is 2.05. The fraction of sp³-hybridized carbons (Fsp3) is 0.583. The standard InChI is InChI=1S/C24H32N4O3/c29-23(17-26-12-14-31-15-13-26)27-8-10-28(11-9-27)24(30)18-6-7-22-20(16-18)19-4-2-1-3-5-21(19)25-22/h6-7,16,25H,1-5,8-15,17H2. The van der Waals surface area contributed by atoms with Gasteiger partial charge >= 0.3 is 0 Å². The summed E-state index contributed by atoms with van der Waals surface area (Å²) < 4.78 is 5.35. The molecule has 0 bridgehead atoms. The third-order valence-electron chi connectivity index (χ3n) is 6.98. The van der Waals surface area contributed by atoms with Gasteiger partial charge in [-0.15, -0.1) is 0 Å². The highest BCUT2D eigenvalue weighted by molar-refractivity contribution is 5.99. The number of nitrogens with zero attached hydrogens (tertiary/aromatic N) is 3. The summed E-state index contributed by atoms with van der Waals surface area (Å²) in [6, 6.07) is 6.07. The molecule has 31 heavy (non-hydrogen) atoms. The van der Waals surface area contributed by atoms with E-state index in [0.29, 0.717) is 45.9 Å². The van der Waals surface area contributed by atoms with Crippen LogP contribution < -0.4 is 0 Å². The van der Waals surface area contributed by atoms with Crippen molar-refractivity contribution < 1.29 is 14.3 Å². The Morgan fingerprint density at radius 1 is 0.903 bits per heavy atom. The number of aromatic amines is 1. The Balaban J connectivity index is 1.22. The number of H-pyrrole nitrogens is 1. The molecule has 1 aromatic heterocycles. The fourth-order valence-corrected chi connectivity index (χ4v) is 5.11. The molecule has 2 saturated heterocycles. The number of hydrogen-bond acceptors (Lipinski definition) is 4. The molecule has 3 aliphatic rings. The second-order valence-electron chi connectivity index (χ2n) is 8.96. The zero-order chi connectivity index (χ0) is 21.2. The van der Waals surface area contributed by atoms with Crippen LogP contribution in [0.25, 0.3) is 10.9 Å². The second-order valence-corrected chi connectivity index (χ2v) is 8.96. The maximum atomic E-state index is 13.2. The number of ether oxygens (including phenoxy) is 1. The highest BCUT2D eigenvalue weighted by atomic mass is 16.5. The van der Waals surface area contributed by atoms with E-state index in [9.17, 15) is 9.59 Å². The van der Waals surface area contributed by atoms with Gasteiger partial charge in [0.25, 0.3) is 5.91 Å². The summed E-state index contributed by atoms with van der Waals surface area (Å²) in [4.78, 5) is 35.3. The number of carbonyl (C=O) groups is 2. The van der Waals surface area contributed by atoms with Crippen LogP contribution in [-0.4, -0.2) is 90.5 Å². The summed E-state index contributed by atoms with van der Waals surface area (Å²) in [6.45, 7) is 5.88. The molecule has 166 valence electrons. The third kappa shape index (κ3) is 4.34. The number of amides is 2. The van der Waals surface area contributed by atoms with Crippen LogP contribution in [0.2, 0.25) is 0 Å². The molecule has 1 aliphatic carbocycles. The quantitative estimate of drug-likeness (QED) is 0.766. The first-order chi connectivity index (χ1) is 15.2. The van der Waals surface area contributed by atoms with Gasteiger partial charge in [0.2, 0.25) is 5.91 Å². The molecule has 7 nitrogen and oxygen atoms in total. The van der Waals surface area contributed by atoms with Crippen LogP contribution in [0.4, 0.5) is 0 Å². The zero-order valence-electron chi connectivity index (χ0n) is 18.2. The van der Waals surface area contributed by atoms with Crippen molar-refractivity contribution in [1.29, 1.82) is 0 Å². The summed E-state index contributed by atoms with van der Waals surface area (Å²) >= 11 is 0. The first kappa shape index (κ1) is 20.5. The number of rotatable bonds is 3. The maximum Gasteiger partial charge on any atom is 0.253 e. The number of fused-ring (bicyclic) bond motifs is 3. The van der Waals surface area contributed by atoms with Crippen molar-refractivity contribution in [2.75, 3.05) is 59.0 Å². The Morgan fingerprint density at radius 2 is 1.65 bits per heavy atom. The van der Waals surface area contributed by atoms with Crippen molar-refractivity contribution in [3.63, 3.8) is 0 Å². The summed E-state index contributed by atoms with van der Waals surface area (Å²) in [6.07, 6.45) is 5.93. The van der Waals surface area contributed by atoms with E-state index in [2.05, 4.69) is 22.0 Å². The van der Waals surface area contributed by atoms with Crippen LogP contribution in [-0.2, 0) is 22.4 Å². The monoisotopic (exact) mass is 424 g/mol. The van der Waals surface area contributed by atoms with E-state index in [0.717, 1.165) is 37.0 Å². The van der Waals surface area contributed by atoms with Gasteiger partial charge in [0, 0.05) is 61.4 Å². The van der Waals surface area contributed by atoms with Crippen molar-refractivity contribution in [3.8, 4) is 0 Å². The lowest BCUT2D eigenvalue weighted by atomic mass is 10.0. The largest absolute Gasteiger partial charge is 0.379 e. The van der Waals surface area contributed by atoms with E-state index in [-0.39, 0.29) is 11.8 Å². The molecule has 2 fully saturated rings. The number of piperazine rings is 1. The van der Waals surface area contributed by atoms with Gasteiger partial charge in [0.15, 0.2) is 0 Å². The number of nitrogens with one attached hydrogen (secondary N) is 1. The topological polar surface area (TPSA) is 68.9 Å². The molecule has 2 amide bonds. The molecule has 7 heteroatoms. The molecule has 0 saturated carbocycles. The normalized spacial score (nSPS) is 20.5. The summed E-state index contributed by atoms with van der Waals surface area (Å²) in [7, 11) is 0. The molecule has 2 aromatic rings. The Bertz CT molecular complexity index is 955. The molecular formula is C24H32N4O3. The first-order valence-electron chi connectivity index (χ1n) is 11.7. The van der Waals surface area contributed by atoms with Gasteiger partial charge in [-0.3, -0.25) is 14.5 Å². The molecular weight excluding hydrogens is 392 g/mol. The average molecular weight is 425 g/mol. The van der Waals surface area contributed by atoms with Crippen molar-refractivity contribution in [2.45, 2.75) is 32.1 Å². The minimum atomic E-state index is 0.0748. The van der Waals surface area contributed by atoms with Gasteiger partial charge in [-0.05, 0) is 49.4 Å². The smallest absolute Gasteiger partial charge is 0.253 e.